The van der Waals surface area contributed by atoms with Crippen molar-refractivity contribution in [2.75, 3.05) is 16.1 Å². The van der Waals surface area contributed by atoms with Crippen LogP contribution in [0, 0.1) is 6.92 Å². The van der Waals surface area contributed by atoms with Gasteiger partial charge in [0.05, 0.1) is 11.4 Å². The molecule has 4 heteroatoms. The molecule has 370 valence electrons. The van der Waals surface area contributed by atoms with E-state index in [0.29, 0.717) is 0 Å². The van der Waals surface area contributed by atoms with Crippen molar-refractivity contribution in [3.8, 4) is 22.3 Å². The molecule has 0 aliphatic heterocycles. The molecule has 1 atom stereocenters. The third kappa shape index (κ3) is 9.66. The summed E-state index contributed by atoms with van der Waals surface area (Å²) in [4.78, 5) is 6.04. The predicted molar refractivity (Wildman–Crippen MR) is 344 cm³/mol. The van der Waals surface area contributed by atoms with Gasteiger partial charge in [-0.15, -0.1) is 6.58 Å². The van der Waals surface area contributed by atoms with E-state index >= 15 is 0 Å². The molecule has 12 rings (SSSR count). The number of benzene rings is 12. The van der Waals surface area contributed by atoms with Crippen LogP contribution in [-0.4, -0.2) is 12.1 Å². The zero-order chi connectivity index (χ0) is 51.6. The average Bonchev–Trinajstić information content (AvgIpc) is 3.44. The molecule has 1 unspecified atom stereocenters. The molecular formula is C72H60N2S2. The number of rotatable bonds is 10. The van der Waals surface area contributed by atoms with E-state index in [1.165, 1.54) is 70.1 Å². The van der Waals surface area contributed by atoms with Crippen LogP contribution < -0.4 is 20.2 Å². The van der Waals surface area contributed by atoms with E-state index in [9.17, 15) is 0 Å². The van der Waals surface area contributed by atoms with Gasteiger partial charge < -0.3 is 9.80 Å². The van der Waals surface area contributed by atoms with E-state index < -0.39 is 0 Å². The molecule has 0 saturated heterocycles. The highest BCUT2D eigenvalue weighted by Crippen LogP contribution is 2.49. The molecule has 0 aliphatic rings. The van der Waals surface area contributed by atoms with Crippen molar-refractivity contribution in [3.05, 3.63) is 272 Å². The van der Waals surface area contributed by atoms with Crippen LogP contribution in [0.25, 0.3) is 88.8 Å². The van der Waals surface area contributed by atoms with Crippen LogP contribution in [0.5, 0.6) is 0 Å². The zero-order valence-electron chi connectivity index (χ0n) is 43.3. The molecule has 12 aromatic rings. The van der Waals surface area contributed by atoms with E-state index in [-0.39, 0.29) is 24.0 Å². The summed E-state index contributed by atoms with van der Waals surface area (Å²) in [5, 5.41) is 13.8. The quantitative estimate of drug-likeness (QED) is 0.0765. The summed E-state index contributed by atoms with van der Waals surface area (Å²) in [6.45, 7) is 16.0. The van der Waals surface area contributed by atoms with Gasteiger partial charge in [0.2, 0.25) is 0 Å². The fourth-order valence-electron chi connectivity index (χ4n) is 10.7. The summed E-state index contributed by atoms with van der Waals surface area (Å²) < 4.78 is 0. The van der Waals surface area contributed by atoms with Crippen LogP contribution in [0.3, 0.4) is 0 Å². The number of allylic oxidation sites excluding steroid dienone is 2. The van der Waals surface area contributed by atoms with Crippen molar-refractivity contribution in [3.63, 3.8) is 0 Å². The topological polar surface area (TPSA) is 6.48 Å². The van der Waals surface area contributed by atoms with Crippen LogP contribution >= 0.6 is 24.0 Å². The largest absolute Gasteiger partial charge is 0.310 e. The highest BCUT2D eigenvalue weighted by molar-refractivity contribution is 8.13. The summed E-state index contributed by atoms with van der Waals surface area (Å²) in [6.07, 6.45) is 7.85. The minimum atomic E-state index is -0.119. The van der Waals surface area contributed by atoms with E-state index in [4.69, 9.17) is 0 Å². The van der Waals surface area contributed by atoms with Gasteiger partial charge in [0.1, 0.15) is 0 Å². The number of hydrogen-bond donors (Lipinski definition) is 0. The van der Waals surface area contributed by atoms with Crippen molar-refractivity contribution < 1.29 is 0 Å². The van der Waals surface area contributed by atoms with Crippen molar-refractivity contribution >= 4 is 130 Å². The summed E-state index contributed by atoms with van der Waals surface area (Å²) in [7, 11) is -0.119. The maximum absolute atomic E-state index is 4.49. The molecule has 0 spiro atoms. The highest BCUT2D eigenvalue weighted by atomic mass is 32.2. The molecule has 2 nitrogen and oxygen atoms in total. The van der Waals surface area contributed by atoms with Crippen molar-refractivity contribution in [2.24, 2.45) is 0 Å². The predicted octanol–water partition coefficient (Wildman–Crippen LogP) is 19.4. The van der Waals surface area contributed by atoms with Crippen LogP contribution in [0.2, 0.25) is 0 Å². The maximum atomic E-state index is 4.49. The molecule has 0 radical (unpaired) electrons. The second kappa shape index (κ2) is 22.0. The maximum Gasteiger partial charge on any atom is 0.0540 e. The zero-order valence-corrected chi connectivity index (χ0v) is 45.1. The number of anilines is 6. The monoisotopic (exact) mass is 1020 g/mol. The lowest BCUT2D eigenvalue weighted by molar-refractivity contribution is 1.26. The van der Waals surface area contributed by atoms with Gasteiger partial charge in [0, 0.05) is 38.2 Å². The van der Waals surface area contributed by atoms with Gasteiger partial charge in [-0.2, -0.15) is 24.0 Å². The fraction of sp³-hybridized carbons (Fsp3) is 0.0417. The van der Waals surface area contributed by atoms with Crippen molar-refractivity contribution in [1.29, 1.82) is 0 Å². The molecule has 0 fully saturated rings. The minimum absolute atomic E-state index is 0. The number of aryl methyl sites for hydroxylation is 1. The molecule has 76 heavy (non-hydrogen) atoms. The van der Waals surface area contributed by atoms with Crippen molar-refractivity contribution in [2.45, 2.75) is 18.7 Å². The van der Waals surface area contributed by atoms with Crippen LogP contribution in [0.15, 0.2) is 261 Å². The van der Waals surface area contributed by atoms with Crippen LogP contribution in [0.1, 0.15) is 12.5 Å². The van der Waals surface area contributed by atoms with Crippen LogP contribution in [-0.2, 0) is 0 Å². The number of nitrogens with zero attached hydrogens (tertiary/aromatic N) is 2. The Morgan fingerprint density at radius 3 is 1.41 bits per heavy atom. The first-order valence-electron chi connectivity index (χ1n) is 25.4. The Bertz CT molecular complexity index is 4300. The smallest absolute Gasteiger partial charge is 0.0540 e. The van der Waals surface area contributed by atoms with Gasteiger partial charge in [0.15, 0.2) is 0 Å². The average molecular weight is 1020 g/mol. The van der Waals surface area contributed by atoms with Gasteiger partial charge in [-0.25, -0.2) is 0 Å². The summed E-state index contributed by atoms with van der Waals surface area (Å²) in [5.41, 5.74) is 12.3. The Balaban J connectivity index is 0.00000161. The van der Waals surface area contributed by atoms with E-state index in [1.54, 1.807) is 6.08 Å². The SMILES string of the molecule is C=C/C=c1/c(N(c2ccc(C)cc2)c2ccc3c(-c4ccc5ccccc5c4)c4cc(N(c5ccc(S(=C)C)cc5)c5cccc6ccccc56)ccc4c(-c4ccc5ccccc5c4)c3c2)cccc1=C.C=CC.S. The molecule has 0 saturated carbocycles. The molecule has 0 aliphatic carbocycles. The second-order valence-electron chi connectivity index (χ2n) is 19.1. The molecule has 0 heterocycles. The van der Waals surface area contributed by atoms with Gasteiger partial charge in [-0.3, -0.25) is 0 Å². The molecule has 0 amide bonds. The fourth-order valence-corrected chi connectivity index (χ4v) is 11.3. The molecular weight excluding hydrogens is 957 g/mol. The second-order valence-corrected chi connectivity index (χ2v) is 20.9. The van der Waals surface area contributed by atoms with E-state index in [1.807, 2.05) is 13.0 Å². The number of hydrogen-bond acceptors (Lipinski definition) is 2. The van der Waals surface area contributed by atoms with Gasteiger partial charge in [-0.05, 0) is 181 Å². The third-order valence-electron chi connectivity index (χ3n) is 14.2. The summed E-state index contributed by atoms with van der Waals surface area (Å²) in [6, 6.07) is 85.0. The molecule has 0 N–H and O–H groups in total. The number of fused-ring (bicyclic) bond motifs is 5. The van der Waals surface area contributed by atoms with Crippen LogP contribution in [0.4, 0.5) is 34.1 Å². The summed E-state index contributed by atoms with van der Waals surface area (Å²) in [5.74, 6) is 4.37. The van der Waals surface area contributed by atoms with Gasteiger partial charge >= 0.3 is 0 Å². The van der Waals surface area contributed by atoms with Crippen molar-refractivity contribution in [1.82, 2.24) is 0 Å². The Labute approximate surface area is 456 Å². The first-order valence-corrected chi connectivity index (χ1v) is 27.2. The Morgan fingerprint density at radius 1 is 0.421 bits per heavy atom. The lowest BCUT2D eigenvalue weighted by Crippen LogP contribution is -2.29. The Kier molecular flexibility index (Phi) is 14.7. The molecule has 12 aromatic carbocycles. The first kappa shape index (κ1) is 50.8. The third-order valence-corrected chi connectivity index (χ3v) is 15.2. The lowest BCUT2D eigenvalue weighted by atomic mass is 9.84. The molecule has 0 bridgehead atoms. The molecule has 0 aromatic heterocycles. The Morgan fingerprint density at radius 2 is 0.868 bits per heavy atom. The minimum Gasteiger partial charge on any atom is -0.310 e. The lowest BCUT2D eigenvalue weighted by Gasteiger charge is -2.29. The van der Waals surface area contributed by atoms with E-state index in [2.05, 4.69) is 285 Å². The standard InChI is InChI=1S/C69H52N2S.C3H6.H2S/c1-6-15-60-47(3)16-13-24-66(60)70(55-32-26-46(2)27-33-55)57-36-40-62-64(44-57)68(53-30-28-48-17-7-9-20-51(48)42-53)63-41-37-58(45-65(63)69(62)54-31-29-49-18-8-10-21-52(49)43-54)71(56-34-38-59(39-35-56)72(4)5)67-25-14-22-50-19-11-12-23-61(50)67;1-3-2;/h6-45H,1,3-4H2,2,5H3;3H,1H2,2H3;1H2/b60-15+;;. The Hall–Kier alpha value is -8.67. The highest BCUT2D eigenvalue weighted by Gasteiger charge is 2.24. The van der Waals surface area contributed by atoms with Gasteiger partial charge in [-0.1, -0.05) is 188 Å². The van der Waals surface area contributed by atoms with E-state index in [0.717, 1.165) is 61.1 Å². The van der Waals surface area contributed by atoms with Gasteiger partial charge in [0.25, 0.3) is 0 Å². The first-order chi connectivity index (χ1) is 36.7. The normalized spacial score (nSPS) is 11.8. The summed E-state index contributed by atoms with van der Waals surface area (Å²) >= 11 is 0.